The van der Waals surface area contributed by atoms with Gasteiger partial charge in [-0.1, -0.05) is 13.3 Å². The maximum Gasteiger partial charge on any atom is 0.348 e. The predicted molar refractivity (Wildman–Crippen MR) is 82.1 cm³/mol. The fourth-order valence-electron chi connectivity index (χ4n) is 2.64. The number of ether oxygens (including phenoxy) is 1. The number of nitrogens with zero attached hydrogens (tertiary/aromatic N) is 2. The molecule has 0 saturated heterocycles. The number of rotatable bonds is 4. The van der Waals surface area contributed by atoms with Crippen molar-refractivity contribution in [1.82, 2.24) is 9.55 Å². The molecular weight excluding hydrogens is 288 g/mol. The molecule has 0 bridgehead atoms. The molecule has 0 N–H and O–H groups in total. The monoisotopic (exact) mass is 306 g/mol. The van der Waals surface area contributed by atoms with Gasteiger partial charge in [0, 0.05) is 13.0 Å². The first kappa shape index (κ1) is 14.3. The Morgan fingerprint density at radius 3 is 3.05 bits per heavy atom. The van der Waals surface area contributed by atoms with Crippen LogP contribution in [-0.4, -0.2) is 22.1 Å². The van der Waals surface area contributed by atoms with Crippen LogP contribution in [0.5, 0.6) is 0 Å². The molecule has 0 unspecified atom stereocenters. The quantitative estimate of drug-likeness (QED) is 0.643. The number of unbranched alkanes of at least 4 members (excludes halogenated alkanes) is 1. The molecule has 0 fully saturated rings. The maximum absolute atomic E-state index is 12.5. The summed E-state index contributed by atoms with van der Waals surface area (Å²) in [5.74, 6) is 0.494. The van der Waals surface area contributed by atoms with Gasteiger partial charge in [0.25, 0.3) is 5.56 Å². The van der Waals surface area contributed by atoms with Crippen molar-refractivity contribution in [1.29, 1.82) is 0 Å². The molecule has 0 amide bonds. The molecule has 0 spiro atoms. The molecule has 112 valence electrons. The minimum atomic E-state index is -0.339. The first-order chi connectivity index (χ1) is 10.1. The minimum absolute atomic E-state index is 0.0196. The Bertz CT molecular complexity index is 760. The topological polar surface area (TPSA) is 61.2 Å². The van der Waals surface area contributed by atoms with Gasteiger partial charge in [-0.2, -0.15) is 0 Å². The van der Waals surface area contributed by atoms with E-state index in [1.807, 2.05) is 6.92 Å². The van der Waals surface area contributed by atoms with Gasteiger partial charge in [-0.3, -0.25) is 9.36 Å². The number of carbonyl (C=O) groups is 1. The van der Waals surface area contributed by atoms with E-state index in [0.29, 0.717) is 27.3 Å². The van der Waals surface area contributed by atoms with Gasteiger partial charge in [-0.25, -0.2) is 9.78 Å². The summed E-state index contributed by atoms with van der Waals surface area (Å²) in [6.07, 6.45) is 3.63. The van der Waals surface area contributed by atoms with Crippen LogP contribution in [0.15, 0.2) is 4.79 Å². The number of aryl methyl sites for hydroxylation is 2. The van der Waals surface area contributed by atoms with E-state index in [2.05, 4.69) is 4.98 Å². The van der Waals surface area contributed by atoms with Crippen LogP contribution in [0.25, 0.3) is 10.2 Å². The number of esters is 1. The highest BCUT2D eigenvalue weighted by Crippen LogP contribution is 2.29. The van der Waals surface area contributed by atoms with Gasteiger partial charge in [0.1, 0.15) is 15.5 Å². The second kappa shape index (κ2) is 5.60. The number of hydrogen-bond donors (Lipinski definition) is 0. The molecule has 3 heterocycles. The van der Waals surface area contributed by atoms with Gasteiger partial charge in [0.2, 0.25) is 0 Å². The standard InChI is InChI=1S/C15H18N2O3S/c1-3-4-8-20-15(19)12-9(2)11-13(21-12)16-10-6-5-7-17(10)14(11)18/h3-8H2,1-2H3. The zero-order valence-electron chi connectivity index (χ0n) is 12.3. The Hall–Kier alpha value is -1.69. The third kappa shape index (κ3) is 2.37. The summed E-state index contributed by atoms with van der Waals surface area (Å²) in [6, 6.07) is 0. The smallest absolute Gasteiger partial charge is 0.348 e. The first-order valence-corrected chi connectivity index (χ1v) is 8.15. The van der Waals surface area contributed by atoms with E-state index in [1.165, 1.54) is 11.3 Å². The van der Waals surface area contributed by atoms with E-state index in [0.717, 1.165) is 38.1 Å². The van der Waals surface area contributed by atoms with E-state index in [-0.39, 0.29) is 11.5 Å². The van der Waals surface area contributed by atoms with E-state index in [1.54, 1.807) is 11.5 Å². The van der Waals surface area contributed by atoms with Gasteiger partial charge < -0.3 is 4.74 Å². The fraction of sp³-hybridized carbons (Fsp3) is 0.533. The van der Waals surface area contributed by atoms with E-state index in [9.17, 15) is 9.59 Å². The van der Waals surface area contributed by atoms with Crippen molar-refractivity contribution in [3.63, 3.8) is 0 Å². The lowest BCUT2D eigenvalue weighted by Gasteiger charge is -2.03. The normalized spacial score (nSPS) is 13.6. The van der Waals surface area contributed by atoms with Crippen LogP contribution < -0.4 is 5.56 Å². The molecule has 1 aliphatic heterocycles. The Kier molecular flexibility index (Phi) is 3.80. The van der Waals surface area contributed by atoms with Gasteiger partial charge in [0.05, 0.1) is 12.0 Å². The maximum atomic E-state index is 12.5. The number of thiophene rings is 1. The van der Waals surface area contributed by atoms with Crippen molar-refractivity contribution in [3.8, 4) is 0 Å². The number of aromatic nitrogens is 2. The van der Waals surface area contributed by atoms with E-state index >= 15 is 0 Å². The second-order valence-electron chi connectivity index (χ2n) is 5.31. The predicted octanol–water partition coefficient (Wildman–Crippen LogP) is 2.67. The zero-order chi connectivity index (χ0) is 15.0. The Morgan fingerprint density at radius 1 is 1.48 bits per heavy atom. The molecule has 6 heteroatoms. The van der Waals surface area contributed by atoms with Crippen molar-refractivity contribution >= 4 is 27.5 Å². The third-order valence-electron chi connectivity index (χ3n) is 3.83. The number of carbonyl (C=O) groups excluding carboxylic acids is 1. The molecule has 1 aliphatic rings. The van der Waals surface area contributed by atoms with Crippen LogP contribution in [0.2, 0.25) is 0 Å². The lowest BCUT2D eigenvalue weighted by Crippen LogP contribution is -2.20. The Morgan fingerprint density at radius 2 is 2.29 bits per heavy atom. The molecular formula is C15H18N2O3S. The molecule has 21 heavy (non-hydrogen) atoms. The summed E-state index contributed by atoms with van der Waals surface area (Å²) in [6.45, 7) is 5.00. The molecule has 5 nitrogen and oxygen atoms in total. The summed E-state index contributed by atoms with van der Waals surface area (Å²) >= 11 is 1.27. The number of fused-ring (bicyclic) bond motifs is 2. The van der Waals surface area contributed by atoms with Crippen molar-refractivity contribution in [2.45, 2.75) is 46.1 Å². The lowest BCUT2D eigenvalue weighted by molar-refractivity contribution is 0.0505. The highest BCUT2D eigenvalue weighted by Gasteiger charge is 2.23. The third-order valence-corrected chi connectivity index (χ3v) is 4.99. The molecule has 0 radical (unpaired) electrons. The summed E-state index contributed by atoms with van der Waals surface area (Å²) in [4.78, 5) is 30.4. The van der Waals surface area contributed by atoms with Gasteiger partial charge >= 0.3 is 5.97 Å². The summed E-state index contributed by atoms with van der Waals surface area (Å²) in [5.41, 5.74) is 0.685. The van der Waals surface area contributed by atoms with Crippen LogP contribution in [0.4, 0.5) is 0 Å². The largest absolute Gasteiger partial charge is 0.462 e. The molecule has 2 aromatic rings. The van der Waals surface area contributed by atoms with Crippen molar-refractivity contribution in [2.75, 3.05) is 6.61 Å². The molecule has 2 aromatic heterocycles. The van der Waals surface area contributed by atoms with Gasteiger partial charge in [-0.15, -0.1) is 11.3 Å². The van der Waals surface area contributed by atoms with Crippen molar-refractivity contribution < 1.29 is 9.53 Å². The molecule has 0 aromatic carbocycles. The van der Waals surface area contributed by atoms with Crippen molar-refractivity contribution in [3.05, 3.63) is 26.6 Å². The minimum Gasteiger partial charge on any atom is -0.462 e. The van der Waals surface area contributed by atoms with Crippen LogP contribution >= 0.6 is 11.3 Å². The second-order valence-corrected chi connectivity index (χ2v) is 6.31. The first-order valence-electron chi connectivity index (χ1n) is 7.33. The summed E-state index contributed by atoms with van der Waals surface area (Å²) in [5, 5.41) is 0.577. The fourth-order valence-corrected chi connectivity index (χ4v) is 3.73. The summed E-state index contributed by atoms with van der Waals surface area (Å²) < 4.78 is 6.98. The van der Waals surface area contributed by atoms with Crippen LogP contribution in [0, 0.1) is 6.92 Å². The molecule has 3 rings (SSSR count). The molecule has 0 aliphatic carbocycles. The Balaban J connectivity index is 2.03. The zero-order valence-corrected chi connectivity index (χ0v) is 13.1. The molecule has 0 atom stereocenters. The average Bonchev–Trinajstić information content (AvgIpc) is 3.04. The van der Waals surface area contributed by atoms with Crippen LogP contribution in [0.3, 0.4) is 0 Å². The molecule has 0 saturated carbocycles. The highest BCUT2D eigenvalue weighted by molar-refractivity contribution is 7.20. The lowest BCUT2D eigenvalue weighted by atomic mass is 10.2. The van der Waals surface area contributed by atoms with Crippen LogP contribution in [-0.2, 0) is 17.7 Å². The SMILES string of the molecule is CCCCOC(=O)c1sc2nc3n(c(=O)c2c1C)CCC3. The van der Waals surface area contributed by atoms with E-state index < -0.39 is 0 Å². The highest BCUT2D eigenvalue weighted by atomic mass is 32.1. The van der Waals surface area contributed by atoms with Crippen LogP contribution in [0.1, 0.15) is 47.2 Å². The van der Waals surface area contributed by atoms with Gasteiger partial charge in [-0.05, 0) is 25.3 Å². The van der Waals surface area contributed by atoms with Crippen molar-refractivity contribution in [2.24, 2.45) is 0 Å². The summed E-state index contributed by atoms with van der Waals surface area (Å²) in [7, 11) is 0. The number of hydrogen-bond acceptors (Lipinski definition) is 5. The Labute approximate surface area is 126 Å². The average molecular weight is 306 g/mol. The van der Waals surface area contributed by atoms with E-state index in [4.69, 9.17) is 4.74 Å². The van der Waals surface area contributed by atoms with Gasteiger partial charge in [0.15, 0.2) is 0 Å².